The van der Waals surface area contributed by atoms with Gasteiger partial charge in [0.15, 0.2) is 0 Å². The first-order valence-electron chi connectivity index (χ1n) is 9.50. The number of carbonyl (C=O) groups excluding carboxylic acids is 1. The van der Waals surface area contributed by atoms with E-state index in [1.807, 2.05) is 24.8 Å². The molecule has 0 aromatic heterocycles. The molecule has 5 nitrogen and oxygen atoms in total. The minimum Gasteiger partial charge on any atom is -0.383 e. The number of carbonyl (C=O) groups is 1. The van der Waals surface area contributed by atoms with E-state index in [9.17, 15) is 13.2 Å². The van der Waals surface area contributed by atoms with Gasteiger partial charge < -0.3 is 9.08 Å². The lowest BCUT2D eigenvalue weighted by atomic mass is 10.1. The van der Waals surface area contributed by atoms with Crippen LogP contribution in [0.2, 0.25) is 0 Å². The van der Waals surface area contributed by atoms with E-state index < -0.39 is 10.1 Å². The normalized spacial score (nSPS) is 11.6. The molecular weight excluding hydrogens is 350 g/mol. The average Bonchev–Trinajstić information content (AvgIpc) is 2.54. The third-order valence-electron chi connectivity index (χ3n) is 4.19. The van der Waals surface area contributed by atoms with Gasteiger partial charge >= 0.3 is 10.1 Å². The first-order chi connectivity index (χ1) is 12.2. The minimum absolute atomic E-state index is 0.0853. The number of rotatable bonds is 12. The molecule has 6 heteroatoms. The molecule has 0 saturated carbocycles. The molecule has 0 unspecified atom stereocenters. The number of benzene rings is 1. The van der Waals surface area contributed by atoms with Crippen molar-refractivity contribution in [1.82, 2.24) is 4.90 Å². The summed E-state index contributed by atoms with van der Waals surface area (Å²) < 4.78 is 27.5. The van der Waals surface area contributed by atoms with Crippen molar-refractivity contribution < 1.29 is 17.4 Å². The van der Waals surface area contributed by atoms with E-state index in [2.05, 4.69) is 6.92 Å². The Hall–Kier alpha value is -1.56. The molecule has 0 fully saturated rings. The Morgan fingerprint density at radius 1 is 1.12 bits per heavy atom. The third-order valence-corrected chi connectivity index (χ3v) is 4.68. The van der Waals surface area contributed by atoms with Gasteiger partial charge in [0.2, 0.25) is 5.91 Å². The summed E-state index contributed by atoms with van der Waals surface area (Å²) in [4.78, 5) is 14.4. The van der Waals surface area contributed by atoms with Crippen LogP contribution in [-0.2, 0) is 21.5 Å². The summed E-state index contributed by atoms with van der Waals surface area (Å²) in [5.74, 6) is 0.419. The van der Waals surface area contributed by atoms with Crippen molar-refractivity contribution in [3.8, 4) is 5.75 Å². The second-order valence-electron chi connectivity index (χ2n) is 7.07. The monoisotopic (exact) mass is 383 g/mol. The Bertz CT molecular complexity index is 656. The zero-order valence-corrected chi connectivity index (χ0v) is 17.3. The topological polar surface area (TPSA) is 63.7 Å². The quantitative estimate of drug-likeness (QED) is 0.393. The van der Waals surface area contributed by atoms with Gasteiger partial charge in [-0.2, -0.15) is 8.42 Å². The first kappa shape index (κ1) is 22.5. The highest BCUT2D eigenvalue weighted by Crippen LogP contribution is 2.18. The van der Waals surface area contributed by atoms with Crippen LogP contribution < -0.4 is 4.18 Å². The highest BCUT2D eigenvalue weighted by molar-refractivity contribution is 7.86. The van der Waals surface area contributed by atoms with Crippen molar-refractivity contribution in [2.45, 2.75) is 78.3 Å². The van der Waals surface area contributed by atoms with Crippen molar-refractivity contribution in [2.75, 3.05) is 6.26 Å². The minimum atomic E-state index is -3.56. The SMILES string of the molecule is CCCCCCCCC(=O)N(Cc1cccc(OS(C)(=O)=O)c1)C(C)C. The second-order valence-corrected chi connectivity index (χ2v) is 8.64. The van der Waals surface area contributed by atoms with Crippen molar-refractivity contribution >= 4 is 16.0 Å². The van der Waals surface area contributed by atoms with Crippen LogP contribution in [0.1, 0.15) is 71.3 Å². The lowest BCUT2D eigenvalue weighted by Gasteiger charge is -2.27. The van der Waals surface area contributed by atoms with Crippen LogP contribution in [0.4, 0.5) is 0 Å². The Morgan fingerprint density at radius 3 is 2.38 bits per heavy atom. The number of unbranched alkanes of at least 4 members (excludes halogenated alkanes) is 5. The second kappa shape index (κ2) is 11.2. The number of nitrogens with zero attached hydrogens (tertiary/aromatic N) is 1. The molecule has 0 heterocycles. The van der Waals surface area contributed by atoms with Gasteiger partial charge in [-0.25, -0.2) is 0 Å². The fourth-order valence-corrected chi connectivity index (χ4v) is 3.28. The van der Waals surface area contributed by atoms with Crippen LogP contribution in [0.3, 0.4) is 0 Å². The van der Waals surface area contributed by atoms with Crippen LogP contribution in [0.5, 0.6) is 5.75 Å². The molecule has 0 spiro atoms. The molecule has 0 aliphatic rings. The molecule has 0 aliphatic carbocycles. The van der Waals surface area contributed by atoms with E-state index in [0.717, 1.165) is 24.7 Å². The standard InChI is InChI=1S/C20H33NO4S/c1-5-6-7-8-9-10-14-20(22)21(17(2)3)16-18-12-11-13-19(15-18)25-26(4,23)24/h11-13,15,17H,5-10,14,16H2,1-4H3. The summed E-state index contributed by atoms with van der Waals surface area (Å²) >= 11 is 0. The van der Waals surface area contributed by atoms with E-state index in [0.29, 0.717) is 13.0 Å². The Kier molecular flexibility index (Phi) is 9.70. The van der Waals surface area contributed by atoms with Crippen molar-refractivity contribution in [2.24, 2.45) is 0 Å². The molecule has 1 rings (SSSR count). The van der Waals surface area contributed by atoms with Crippen LogP contribution in [-0.4, -0.2) is 31.5 Å². The van der Waals surface area contributed by atoms with Crippen molar-refractivity contribution in [1.29, 1.82) is 0 Å². The zero-order valence-electron chi connectivity index (χ0n) is 16.5. The number of amides is 1. The summed E-state index contributed by atoms with van der Waals surface area (Å²) in [6.45, 7) is 6.64. The van der Waals surface area contributed by atoms with Gasteiger partial charge in [-0.1, -0.05) is 51.2 Å². The van der Waals surface area contributed by atoms with E-state index in [-0.39, 0.29) is 17.7 Å². The number of hydrogen-bond donors (Lipinski definition) is 0. The molecule has 0 bridgehead atoms. The van der Waals surface area contributed by atoms with Gasteiger partial charge in [0.25, 0.3) is 0 Å². The van der Waals surface area contributed by atoms with Gasteiger partial charge in [0.1, 0.15) is 5.75 Å². The Labute approximate surface area is 158 Å². The summed E-state index contributed by atoms with van der Waals surface area (Å²) in [6, 6.07) is 6.98. The molecule has 1 amide bonds. The molecular formula is C20H33NO4S. The zero-order chi connectivity index (χ0) is 19.6. The first-order valence-corrected chi connectivity index (χ1v) is 11.3. The maximum atomic E-state index is 12.6. The lowest BCUT2D eigenvalue weighted by molar-refractivity contribution is -0.133. The van der Waals surface area contributed by atoms with E-state index >= 15 is 0 Å². The maximum absolute atomic E-state index is 12.6. The average molecular weight is 384 g/mol. The van der Waals surface area contributed by atoms with E-state index in [1.165, 1.54) is 25.7 Å². The van der Waals surface area contributed by atoms with Crippen molar-refractivity contribution in [3.63, 3.8) is 0 Å². The van der Waals surface area contributed by atoms with E-state index in [1.54, 1.807) is 18.2 Å². The summed E-state index contributed by atoms with van der Waals surface area (Å²) in [5.41, 5.74) is 0.858. The Morgan fingerprint density at radius 2 is 1.77 bits per heavy atom. The molecule has 0 radical (unpaired) electrons. The highest BCUT2D eigenvalue weighted by atomic mass is 32.2. The molecule has 0 atom stereocenters. The molecule has 1 aromatic carbocycles. The molecule has 26 heavy (non-hydrogen) atoms. The Balaban J connectivity index is 2.62. The highest BCUT2D eigenvalue weighted by Gasteiger charge is 2.17. The van der Waals surface area contributed by atoms with Crippen LogP contribution in [0, 0.1) is 0 Å². The number of hydrogen-bond acceptors (Lipinski definition) is 4. The fourth-order valence-electron chi connectivity index (χ4n) is 2.83. The summed E-state index contributed by atoms with van der Waals surface area (Å²) in [6.07, 6.45) is 8.51. The van der Waals surface area contributed by atoms with Gasteiger partial charge in [-0.15, -0.1) is 0 Å². The molecule has 148 valence electrons. The maximum Gasteiger partial charge on any atom is 0.306 e. The van der Waals surface area contributed by atoms with Crippen molar-refractivity contribution in [3.05, 3.63) is 29.8 Å². The summed E-state index contributed by atoms with van der Waals surface area (Å²) in [7, 11) is -3.56. The molecule has 0 saturated heterocycles. The van der Waals surface area contributed by atoms with E-state index in [4.69, 9.17) is 4.18 Å². The fraction of sp³-hybridized carbons (Fsp3) is 0.650. The predicted octanol–water partition coefficient (Wildman–Crippen LogP) is 4.51. The van der Waals surface area contributed by atoms with Gasteiger partial charge in [0, 0.05) is 19.0 Å². The lowest BCUT2D eigenvalue weighted by Crippen LogP contribution is -2.36. The van der Waals surface area contributed by atoms with Crippen LogP contribution >= 0.6 is 0 Å². The van der Waals surface area contributed by atoms with Crippen LogP contribution in [0.25, 0.3) is 0 Å². The predicted molar refractivity (Wildman–Crippen MR) is 106 cm³/mol. The van der Waals surface area contributed by atoms with Gasteiger partial charge in [-0.05, 0) is 38.0 Å². The smallest absolute Gasteiger partial charge is 0.306 e. The summed E-state index contributed by atoms with van der Waals surface area (Å²) in [5, 5.41) is 0. The van der Waals surface area contributed by atoms with Crippen LogP contribution in [0.15, 0.2) is 24.3 Å². The third kappa shape index (κ3) is 9.22. The molecule has 0 N–H and O–H groups in total. The molecule has 0 aliphatic heterocycles. The van der Waals surface area contributed by atoms with Gasteiger partial charge in [0.05, 0.1) is 6.26 Å². The molecule has 1 aromatic rings. The largest absolute Gasteiger partial charge is 0.383 e. The van der Waals surface area contributed by atoms with Gasteiger partial charge in [-0.3, -0.25) is 4.79 Å².